The molecule has 1 aromatic carbocycles. The van der Waals surface area contributed by atoms with Gasteiger partial charge in [0.15, 0.2) is 0 Å². The van der Waals surface area contributed by atoms with Crippen molar-refractivity contribution in [2.24, 2.45) is 0 Å². The SMILES string of the molecule is CCC(CO)N1CCN(C(=O)Nc2ccc(C)c(F)c2)CC1. The number of anilines is 1. The second-order valence-corrected chi connectivity index (χ2v) is 5.66. The minimum absolute atomic E-state index is 0.144. The first-order chi connectivity index (χ1) is 10.5. The Labute approximate surface area is 130 Å². The maximum absolute atomic E-state index is 13.5. The van der Waals surface area contributed by atoms with Crippen molar-refractivity contribution in [2.45, 2.75) is 26.3 Å². The molecule has 2 amide bonds. The van der Waals surface area contributed by atoms with Crippen LogP contribution in [-0.2, 0) is 0 Å². The molecular formula is C16H24FN3O2. The third-order valence-electron chi connectivity index (χ3n) is 4.22. The number of aryl methyl sites for hydroxylation is 1. The number of hydrogen-bond donors (Lipinski definition) is 2. The number of nitrogens with one attached hydrogen (secondary N) is 1. The Balaban J connectivity index is 1.88. The summed E-state index contributed by atoms with van der Waals surface area (Å²) >= 11 is 0. The number of aliphatic hydroxyl groups is 1. The van der Waals surface area contributed by atoms with Gasteiger partial charge >= 0.3 is 6.03 Å². The molecule has 1 saturated heterocycles. The van der Waals surface area contributed by atoms with Crippen molar-refractivity contribution in [2.75, 3.05) is 38.1 Å². The summed E-state index contributed by atoms with van der Waals surface area (Å²) in [6.45, 7) is 6.58. The lowest BCUT2D eigenvalue weighted by Gasteiger charge is -2.38. The zero-order valence-electron chi connectivity index (χ0n) is 13.2. The number of carbonyl (C=O) groups is 1. The molecule has 2 N–H and O–H groups in total. The number of nitrogens with zero attached hydrogens (tertiary/aromatic N) is 2. The summed E-state index contributed by atoms with van der Waals surface area (Å²) in [6.07, 6.45) is 0.894. The molecule has 1 heterocycles. The van der Waals surface area contributed by atoms with Crippen LogP contribution in [0.25, 0.3) is 0 Å². The van der Waals surface area contributed by atoms with Crippen molar-refractivity contribution >= 4 is 11.7 Å². The van der Waals surface area contributed by atoms with Crippen molar-refractivity contribution < 1.29 is 14.3 Å². The van der Waals surface area contributed by atoms with Gasteiger partial charge in [0.05, 0.1) is 6.61 Å². The van der Waals surface area contributed by atoms with Gasteiger partial charge in [0.2, 0.25) is 0 Å². The van der Waals surface area contributed by atoms with Crippen LogP contribution in [-0.4, -0.2) is 59.8 Å². The predicted molar refractivity (Wildman–Crippen MR) is 84.5 cm³/mol. The van der Waals surface area contributed by atoms with Gasteiger partial charge in [0.1, 0.15) is 5.82 Å². The minimum atomic E-state index is -0.323. The first-order valence-corrected chi connectivity index (χ1v) is 7.72. The van der Waals surface area contributed by atoms with Gasteiger partial charge in [-0.25, -0.2) is 9.18 Å². The largest absolute Gasteiger partial charge is 0.395 e. The monoisotopic (exact) mass is 309 g/mol. The summed E-state index contributed by atoms with van der Waals surface area (Å²) in [4.78, 5) is 16.1. The van der Waals surface area contributed by atoms with Crippen LogP contribution in [0.1, 0.15) is 18.9 Å². The quantitative estimate of drug-likeness (QED) is 0.895. The number of piperazine rings is 1. The number of urea groups is 1. The molecule has 0 radical (unpaired) electrons. The van der Waals surface area contributed by atoms with E-state index in [-0.39, 0.29) is 24.5 Å². The Morgan fingerprint density at radius 3 is 2.59 bits per heavy atom. The molecule has 5 nitrogen and oxygen atoms in total. The van der Waals surface area contributed by atoms with Gasteiger partial charge in [0, 0.05) is 37.9 Å². The average molecular weight is 309 g/mol. The van der Waals surface area contributed by atoms with Gasteiger partial charge in [-0.3, -0.25) is 4.90 Å². The molecule has 1 fully saturated rings. The fourth-order valence-corrected chi connectivity index (χ4v) is 2.67. The summed E-state index contributed by atoms with van der Waals surface area (Å²) in [5.74, 6) is -0.323. The van der Waals surface area contributed by atoms with Gasteiger partial charge in [-0.1, -0.05) is 13.0 Å². The van der Waals surface area contributed by atoms with Crippen LogP contribution in [0.15, 0.2) is 18.2 Å². The zero-order valence-corrected chi connectivity index (χ0v) is 13.2. The molecule has 0 aliphatic carbocycles. The second kappa shape index (κ2) is 7.56. The van der Waals surface area contributed by atoms with E-state index >= 15 is 0 Å². The molecule has 1 unspecified atom stereocenters. The lowest BCUT2D eigenvalue weighted by Crippen LogP contribution is -2.53. The Morgan fingerprint density at radius 1 is 1.36 bits per heavy atom. The third kappa shape index (κ3) is 3.96. The number of benzene rings is 1. The first-order valence-electron chi connectivity index (χ1n) is 7.72. The van der Waals surface area contributed by atoms with E-state index in [4.69, 9.17) is 0 Å². The number of rotatable bonds is 4. The summed E-state index contributed by atoms with van der Waals surface area (Å²) in [6, 6.07) is 4.64. The molecule has 0 bridgehead atoms. The lowest BCUT2D eigenvalue weighted by atomic mass is 10.1. The third-order valence-corrected chi connectivity index (χ3v) is 4.22. The Bertz CT molecular complexity index is 512. The molecule has 2 rings (SSSR count). The highest BCUT2D eigenvalue weighted by Gasteiger charge is 2.24. The van der Waals surface area contributed by atoms with E-state index in [2.05, 4.69) is 10.2 Å². The molecule has 22 heavy (non-hydrogen) atoms. The Kier molecular flexibility index (Phi) is 5.74. The zero-order chi connectivity index (χ0) is 16.1. The Morgan fingerprint density at radius 2 is 2.05 bits per heavy atom. The number of halogens is 1. The first kappa shape index (κ1) is 16.7. The van der Waals surface area contributed by atoms with E-state index < -0.39 is 0 Å². The highest BCUT2D eigenvalue weighted by molar-refractivity contribution is 5.89. The van der Waals surface area contributed by atoms with Gasteiger partial charge in [-0.05, 0) is 31.0 Å². The van der Waals surface area contributed by atoms with Gasteiger partial charge in [-0.2, -0.15) is 0 Å². The highest BCUT2D eigenvalue weighted by Crippen LogP contribution is 2.15. The molecule has 0 spiro atoms. The molecule has 1 aliphatic heterocycles. The van der Waals surface area contributed by atoms with Crippen molar-refractivity contribution in [1.29, 1.82) is 0 Å². The minimum Gasteiger partial charge on any atom is -0.395 e. The molecule has 122 valence electrons. The van der Waals surface area contributed by atoms with E-state index in [0.717, 1.165) is 19.5 Å². The molecule has 6 heteroatoms. The van der Waals surface area contributed by atoms with E-state index in [9.17, 15) is 14.3 Å². The normalized spacial score (nSPS) is 17.4. The maximum Gasteiger partial charge on any atom is 0.321 e. The molecule has 0 aromatic heterocycles. The highest BCUT2D eigenvalue weighted by atomic mass is 19.1. The molecule has 0 saturated carbocycles. The summed E-state index contributed by atoms with van der Waals surface area (Å²) in [5.41, 5.74) is 1.03. The van der Waals surface area contributed by atoms with Crippen LogP contribution in [0.4, 0.5) is 14.9 Å². The molecule has 1 atom stereocenters. The topological polar surface area (TPSA) is 55.8 Å². The van der Waals surface area contributed by atoms with Crippen LogP contribution >= 0.6 is 0 Å². The fraction of sp³-hybridized carbons (Fsp3) is 0.562. The molecule has 1 aliphatic rings. The molecular weight excluding hydrogens is 285 g/mol. The summed E-state index contributed by atoms with van der Waals surface area (Å²) in [7, 11) is 0. The van der Waals surface area contributed by atoms with E-state index in [0.29, 0.717) is 24.3 Å². The summed E-state index contributed by atoms with van der Waals surface area (Å²) < 4.78 is 13.5. The van der Waals surface area contributed by atoms with E-state index in [1.54, 1.807) is 24.0 Å². The van der Waals surface area contributed by atoms with Crippen molar-refractivity contribution in [3.05, 3.63) is 29.6 Å². The van der Waals surface area contributed by atoms with Crippen molar-refractivity contribution in [3.63, 3.8) is 0 Å². The van der Waals surface area contributed by atoms with E-state index in [1.807, 2.05) is 6.92 Å². The summed E-state index contributed by atoms with van der Waals surface area (Å²) in [5, 5.41) is 12.1. The van der Waals surface area contributed by atoms with Crippen LogP contribution in [0.3, 0.4) is 0 Å². The standard InChI is InChI=1S/C16H24FN3O2/c1-3-14(11-21)19-6-8-20(9-7-19)16(22)18-13-5-4-12(2)15(17)10-13/h4-5,10,14,21H,3,6-9,11H2,1-2H3,(H,18,22). The number of aliphatic hydroxyl groups excluding tert-OH is 1. The van der Waals surface area contributed by atoms with Gasteiger partial charge < -0.3 is 15.3 Å². The fourth-order valence-electron chi connectivity index (χ4n) is 2.67. The van der Waals surface area contributed by atoms with Gasteiger partial charge in [0.25, 0.3) is 0 Å². The Hall–Kier alpha value is -1.66. The van der Waals surface area contributed by atoms with Crippen LogP contribution in [0.5, 0.6) is 0 Å². The molecule has 1 aromatic rings. The van der Waals surface area contributed by atoms with Gasteiger partial charge in [-0.15, -0.1) is 0 Å². The number of hydrogen-bond acceptors (Lipinski definition) is 3. The average Bonchev–Trinajstić information content (AvgIpc) is 2.53. The number of amides is 2. The maximum atomic E-state index is 13.5. The number of carbonyl (C=O) groups excluding carboxylic acids is 1. The van der Waals surface area contributed by atoms with Crippen molar-refractivity contribution in [3.8, 4) is 0 Å². The van der Waals surface area contributed by atoms with Crippen LogP contribution < -0.4 is 5.32 Å². The van der Waals surface area contributed by atoms with Crippen LogP contribution in [0.2, 0.25) is 0 Å². The smallest absolute Gasteiger partial charge is 0.321 e. The predicted octanol–water partition coefficient (Wildman–Crippen LogP) is 2.05. The van der Waals surface area contributed by atoms with Crippen LogP contribution in [0, 0.1) is 12.7 Å². The van der Waals surface area contributed by atoms with E-state index in [1.165, 1.54) is 6.07 Å². The second-order valence-electron chi connectivity index (χ2n) is 5.66. The lowest BCUT2D eigenvalue weighted by molar-refractivity contribution is 0.0766. The van der Waals surface area contributed by atoms with Crippen molar-refractivity contribution in [1.82, 2.24) is 9.80 Å².